The third-order valence-corrected chi connectivity index (χ3v) is 3.37. The lowest BCUT2D eigenvalue weighted by molar-refractivity contribution is 0.627. The van der Waals surface area contributed by atoms with Gasteiger partial charge >= 0.3 is 5.69 Å². The summed E-state index contributed by atoms with van der Waals surface area (Å²) in [4.78, 5) is 16.5. The van der Waals surface area contributed by atoms with Gasteiger partial charge in [0.15, 0.2) is 0 Å². The van der Waals surface area contributed by atoms with Crippen LogP contribution in [0.2, 0.25) is 5.02 Å². The minimum absolute atomic E-state index is 0.237. The molecule has 0 saturated carbocycles. The minimum Gasteiger partial charge on any atom is -0.381 e. The van der Waals surface area contributed by atoms with Crippen LogP contribution in [0.3, 0.4) is 0 Å². The Hall–Kier alpha value is -2.27. The van der Waals surface area contributed by atoms with Crippen molar-refractivity contribution in [1.82, 2.24) is 9.97 Å². The van der Waals surface area contributed by atoms with E-state index in [9.17, 15) is 9.18 Å². The van der Waals surface area contributed by atoms with Crippen LogP contribution in [0, 0.1) is 5.82 Å². The summed E-state index contributed by atoms with van der Waals surface area (Å²) >= 11 is 5.96. The number of anilines is 1. The van der Waals surface area contributed by atoms with Gasteiger partial charge in [0.05, 0.1) is 11.0 Å². The van der Waals surface area contributed by atoms with Gasteiger partial charge in [0.2, 0.25) is 0 Å². The first-order valence-electron chi connectivity index (χ1n) is 6.02. The molecule has 0 fully saturated rings. The van der Waals surface area contributed by atoms with Crippen LogP contribution in [0.15, 0.2) is 41.2 Å². The van der Waals surface area contributed by atoms with Crippen LogP contribution in [0.25, 0.3) is 11.0 Å². The van der Waals surface area contributed by atoms with E-state index in [-0.39, 0.29) is 11.5 Å². The van der Waals surface area contributed by atoms with Crippen molar-refractivity contribution in [2.24, 2.45) is 0 Å². The van der Waals surface area contributed by atoms with Crippen LogP contribution in [-0.2, 0) is 6.54 Å². The SMILES string of the molecule is O=c1[nH]c2ccc(NCc3ccc(F)cc3Cl)cc2[nH]1. The second kappa shape index (κ2) is 5.02. The predicted molar refractivity (Wildman–Crippen MR) is 77.7 cm³/mol. The number of benzene rings is 2. The molecule has 3 rings (SSSR count). The van der Waals surface area contributed by atoms with E-state index in [2.05, 4.69) is 15.3 Å². The average molecular weight is 292 g/mol. The van der Waals surface area contributed by atoms with Crippen LogP contribution in [0.1, 0.15) is 5.56 Å². The van der Waals surface area contributed by atoms with Crippen LogP contribution >= 0.6 is 11.6 Å². The molecule has 0 aliphatic carbocycles. The minimum atomic E-state index is -0.356. The molecule has 0 atom stereocenters. The van der Waals surface area contributed by atoms with E-state index in [4.69, 9.17) is 11.6 Å². The summed E-state index contributed by atoms with van der Waals surface area (Å²) in [5, 5.41) is 3.56. The molecule has 0 bridgehead atoms. The molecule has 0 radical (unpaired) electrons. The van der Waals surface area contributed by atoms with E-state index in [1.165, 1.54) is 12.1 Å². The summed E-state index contributed by atoms with van der Waals surface area (Å²) in [7, 11) is 0. The first-order valence-corrected chi connectivity index (χ1v) is 6.39. The number of imidazole rings is 1. The van der Waals surface area contributed by atoms with Crippen molar-refractivity contribution in [2.45, 2.75) is 6.54 Å². The van der Waals surface area contributed by atoms with E-state index in [1.807, 2.05) is 18.2 Å². The summed E-state index contributed by atoms with van der Waals surface area (Å²) in [6.07, 6.45) is 0. The Morgan fingerprint density at radius 1 is 1.10 bits per heavy atom. The normalized spacial score (nSPS) is 10.9. The fourth-order valence-electron chi connectivity index (χ4n) is 2.00. The molecule has 4 nitrogen and oxygen atoms in total. The zero-order valence-electron chi connectivity index (χ0n) is 10.3. The number of halogens is 2. The Kier molecular flexibility index (Phi) is 3.20. The number of fused-ring (bicyclic) bond motifs is 1. The lowest BCUT2D eigenvalue weighted by atomic mass is 10.2. The smallest absolute Gasteiger partial charge is 0.323 e. The van der Waals surface area contributed by atoms with Gasteiger partial charge in [-0.25, -0.2) is 9.18 Å². The molecule has 20 heavy (non-hydrogen) atoms. The summed E-state index contributed by atoms with van der Waals surface area (Å²) in [6.45, 7) is 0.472. The lowest BCUT2D eigenvalue weighted by Crippen LogP contribution is -2.00. The van der Waals surface area contributed by atoms with E-state index >= 15 is 0 Å². The Balaban J connectivity index is 1.80. The molecule has 1 aromatic heterocycles. The molecular weight excluding hydrogens is 281 g/mol. The molecule has 0 amide bonds. The highest BCUT2D eigenvalue weighted by molar-refractivity contribution is 6.31. The van der Waals surface area contributed by atoms with Gasteiger partial charge in [0.1, 0.15) is 5.82 Å². The van der Waals surface area contributed by atoms with E-state index in [0.717, 1.165) is 22.3 Å². The topological polar surface area (TPSA) is 60.7 Å². The maximum atomic E-state index is 12.9. The molecule has 102 valence electrons. The summed E-state index contributed by atoms with van der Waals surface area (Å²) in [6, 6.07) is 9.78. The van der Waals surface area contributed by atoms with E-state index < -0.39 is 0 Å². The molecule has 0 saturated heterocycles. The summed E-state index contributed by atoms with van der Waals surface area (Å²) < 4.78 is 12.9. The van der Waals surface area contributed by atoms with Crippen molar-refractivity contribution in [3.63, 3.8) is 0 Å². The Labute approximate surface area is 118 Å². The van der Waals surface area contributed by atoms with Crippen molar-refractivity contribution < 1.29 is 4.39 Å². The molecule has 6 heteroatoms. The summed E-state index contributed by atoms with van der Waals surface area (Å²) in [5.41, 5.74) is 2.88. The van der Waals surface area contributed by atoms with Crippen LogP contribution < -0.4 is 11.0 Å². The molecule has 3 aromatic rings. The number of aromatic nitrogens is 2. The van der Waals surface area contributed by atoms with Gasteiger partial charge in [0.25, 0.3) is 0 Å². The fourth-order valence-corrected chi connectivity index (χ4v) is 2.24. The highest BCUT2D eigenvalue weighted by atomic mass is 35.5. The fraction of sp³-hybridized carbons (Fsp3) is 0.0714. The summed E-state index contributed by atoms with van der Waals surface area (Å²) in [5.74, 6) is -0.356. The molecule has 0 aliphatic heterocycles. The van der Waals surface area contributed by atoms with Crippen LogP contribution in [-0.4, -0.2) is 9.97 Å². The largest absolute Gasteiger partial charge is 0.381 e. The van der Waals surface area contributed by atoms with Crippen molar-refractivity contribution in [3.8, 4) is 0 Å². The molecule has 1 heterocycles. The standard InChI is InChI=1S/C14H11ClFN3O/c15-11-5-9(16)2-1-8(11)7-17-10-3-4-12-13(6-10)19-14(20)18-12/h1-6,17H,7H2,(H2,18,19,20). The number of hydrogen-bond donors (Lipinski definition) is 3. The van der Waals surface area contributed by atoms with Gasteiger partial charge in [-0.2, -0.15) is 0 Å². The second-order valence-electron chi connectivity index (χ2n) is 4.43. The van der Waals surface area contributed by atoms with Gasteiger partial charge in [-0.1, -0.05) is 17.7 Å². The molecule has 3 N–H and O–H groups in total. The number of H-pyrrole nitrogens is 2. The number of aromatic amines is 2. The van der Waals surface area contributed by atoms with Crippen molar-refractivity contribution in [3.05, 3.63) is 63.3 Å². The van der Waals surface area contributed by atoms with E-state index in [0.29, 0.717) is 11.6 Å². The first-order chi connectivity index (χ1) is 9.61. The molecule has 0 spiro atoms. The third-order valence-electron chi connectivity index (χ3n) is 3.01. The number of rotatable bonds is 3. The molecule has 0 unspecified atom stereocenters. The monoisotopic (exact) mass is 291 g/mol. The van der Waals surface area contributed by atoms with Crippen molar-refractivity contribution in [2.75, 3.05) is 5.32 Å². The van der Waals surface area contributed by atoms with Crippen LogP contribution in [0.5, 0.6) is 0 Å². The molecular formula is C14H11ClFN3O. The van der Waals surface area contributed by atoms with Crippen LogP contribution in [0.4, 0.5) is 10.1 Å². The highest BCUT2D eigenvalue weighted by Crippen LogP contribution is 2.20. The highest BCUT2D eigenvalue weighted by Gasteiger charge is 2.03. The Morgan fingerprint density at radius 3 is 2.70 bits per heavy atom. The maximum absolute atomic E-state index is 12.9. The third kappa shape index (κ3) is 2.53. The Morgan fingerprint density at radius 2 is 1.90 bits per heavy atom. The average Bonchev–Trinajstić information content (AvgIpc) is 2.77. The van der Waals surface area contributed by atoms with Gasteiger partial charge in [-0.15, -0.1) is 0 Å². The molecule has 0 aliphatic rings. The number of hydrogen-bond acceptors (Lipinski definition) is 2. The lowest BCUT2D eigenvalue weighted by Gasteiger charge is -2.08. The predicted octanol–water partition coefficient (Wildman–Crippen LogP) is 3.26. The first kappa shape index (κ1) is 12.7. The Bertz CT molecular complexity index is 825. The van der Waals surface area contributed by atoms with Gasteiger partial charge in [-0.3, -0.25) is 0 Å². The zero-order chi connectivity index (χ0) is 14.1. The number of nitrogens with one attached hydrogen (secondary N) is 3. The van der Waals surface area contributed by atoms with Gasteiger partial charge in [0, 0.05) is 17.3 Å². The maximum Gasteiger partial charge on any atom is 0.323 e. The zero-order valence-corrected chi connectivity index (χ0v) is 11.1. The molecule has 2 aromatic carbocycles. The van der Waals surface area contributed by atoms with E-state index in [1.54, 1.807) is 6.07 Å². The quantitative estimate of drug-likeness (QED) is 0.693. The van der Waals surface area contributed by atoms with Crippen molar-refractivity contribution in [1.29, 1.82) is 0 Å². The van der Waals surface area contributed by atoms with Gasteiger partial charge in [-0.05, 0) is 35.9 Å². The second-order valence-corrected chi connectivity index (χ2v) is 4.84. The van der Waals surface area contributed by atoms with Gasteiger partial charge < -0.3 is 15.3 Å². The van der Waals surface area contributed by atoms with Crippen molar-refractivity contribution >= 4 is 28.3 Å².